The lowest BCUT2D eigenvalue weighted by atomic mass is 9.80. The maximum atomic E-state index is 14.1. The summed E-state index contributed by atoms with van der Waals surface area (Å²) in [6.45, 7) is 4.97. The maximum absolute atomic E-state index is 14.1. The Labute approximate surface area is 230 Å². The highest BCUT2D eigenvalue weighted by atomic mass is 16.5. The number of hydrogen-bond donors (Lipinski definition) is 3. The first-order chi connectivity index (χ1) is 18.6. The van der Waals surface area contributed by atoms with Gasteiger partial charge in [0.1, 0.15) is 12.1 Å². The summed E-state index contributed by atoms with van der Waals surface area (Å²) in [6, 6.07) is -2.51. The van der Waals surface area contributed by atoms with Gasteiger partial charge in [-0.15, -0.1) is 0 Å². The molecule has 5 aliphatic rings. The summed E-state index contributed by atoms with van der Waals surface area (Å²) in [7, 11) is 0. The Morgan fingerprint density at radius 3 is 2.21 bits per heavy atom. The third kappa shape index (κ3) is 5.94. The Bertz CT molecular complexity index is 1000. The minimum absolute atomic E-state index is 0.0174. The molecule has 39 heavy (non-hydrogen) atoms. The average molecular weight is 545 g/mol. The fourth-order valence-electron chi connectivity index (χ4n) is 7.21. The molecule has 0 radical (unpaired) electrons. The molecule has 0 aromatic heterocycles. The van der Waals surface area contributed by atoms with Crippen molar-refractivity contribution in [2.75, 3.05) is 13.2 Å². The zero-order valence-electron chi connectivity index (χ0n) is 23.3. The molecule has 4 saturated carbocycles. The minimum atomic E-state index is -1.06. The van der Waals surface area contributed by atoms with E-state index in [1.807, 2.05) is 0 Å². The highest BCUT2D eigenvalue weighted by Crippen LogP contribution is 2.65. The molecule has 5 rings (SSSR count). The number of likely N-dealkylation sites (tertiary alicyclic amines) is 1. The summed E-state index contributed by atoms with van der Waals surface area (Å²) in [4.78, 5) is 66.6. The molecule has 5 fully saturated rings. The van der Waals surface area contributed by atoms with Gasteiger partial charge >= 0.3 is 6.09 Å². The average Bonchev–Trinajstić information content (AvgIpc) is 3.75. The Kier molecular flexibility index (Phi) is 7.93. The number of Topliss-reactive ketones (excluding diaryl/α,β-unsaturated/α-hetero) is 1. The molecule has 5 atom stereocenters. The van der Waals surface area contributed by atoms with Crippen molar-refractivity contribution in [3.63, 3.8) is 0 Å². The Hall–Kier alpha value is -2.65. The van der Waals surface area contributed by atoms with Gasteiger partial charge < -0.3 is 26.0 Å². The zero-order valence-corrected chi connectivity index (χ0v) is 23.3. The van der Waals surface area contributed by atoms with E-state index in [0.717, 1.165) is 64.2 Å². The number of ether oxygens (including phenoxy) is 1. The first kappa shape index (κ1) is 27.9. The third-order valence-corrected chi connectivity index (χ3v) is 10.2. The van der Waals surface area contributed by atoms with E-state index >= 15 is 0 Å². The predicted molar refractivity (Wildman–Crippen MR) is 142 cm³/mol. The second-order valence-electron chi connectivity index (χ2n) is 13.3. The van der Waals surface area contributed by atoms with Crippen molar-refractivity contribution in [3.05, 3.63) is 0 Å². The molecule has 0 spiro atoms. The largest absolute Gasteiger partial charge is 0.449 e. The number of amides is 4. The van der Waals surface area contributed by atoms with E-state index in [4.69, 9.17) is 10.5 Å². The maximum Gasteiger partial charge on any atom is 0.407 e. The van der Waals surface area contributed by atoms with Gasteiger partial charge in [-0.25, -0.2) is 4.79 Å². The van der Waals surface area contributed by atoms with Crippen LogP contribution >= 0.6 is 0 Å². The Morgan fingerprint density at radius 2 is 1.62 bits per heavy atom. The normalized spacial score (nSPS) is 29.4. The fourth-order valence-corrected chi connectivity index (χ4v) is 7.21. The summed E-state index contributed by atoms with van der Waals surface area (Å²) in [6.07, 6.45) is 9.65. The molecule has 0 aromatic rings. The smallest absolute Gasteiger partial charge is 0.407 e. The van der Waals surface area contributed by atoms with Crippen LogP contribution in [0.15, 0.2) is 0 Å². The van der Waals surface area contributed by atoms with Gasteiger partial charge in [0.2, 0.25) is 17.6 Å². The van der Waals surface area contributed by atoms with Crippen LogP contribution in [-0.2, 0) is 23.9 Å². The number of piperidine rings is 1. The molecule has 10 heteroatoms. The number of nitrogens with zero attached hydrogens (tertiary/aromatic N) is 1. The number of alkyl carbamates (subject to hydrolysis) is 1. The van der Waals surface area contributed by atoms with Crippen LogP contribution in [0, 0.1) is 35.0 Å². The topological polar surface area (TPSA) is 148 Å². The molecular formula is C29H44N4O6. The zero-order chi connectivity index (χ0) is 27.9. The van der Waals surface area contributed by atoms with Crippen LogP contribution in [0.3, 0.4) is 0 Å². The van der Waals surface area contributed by atoms with Gasteiger partial charge in [0.25, 0.3) is 5.91 Å². The van der Waals surface area contributed by atoms with Gasteiger partial charge in [0.05, 0.1) is 12.6 Å². The van der Waals surface area contributed by atoms with E-state index in [1.165, 1.54) is 0 Å². The monoisotopic (exact) mass is 544 g/mol. The summed E-state index contributed by atoms with van der Waals surface area (Å²) in [5.74, 6) is -1.76. The van der Waals surface area contributed by atoms with Crippen molar-refractivity contribution in [1.82, 2.24) is 15.5 Å². The first-order valence-corrected chi connectivity index (χ1v) is 15.0. The molecule has 10 nitrogen and oxygen atoms in total. The van der Waals surface area contributed by atoms with E-state index < -0.39 is 41.8 Å². The van der Waals surface area contributed by atoms with Crippen LogP contribution in [0.2, 0.25) is 0 Å². The molecule has 216 valence electrons. The number of nitrogens with two attached hydrogens (primary N) is 1. The number of ketones is 1. The van der Waals surface area contributed by atoms with Crippen molar-refractivity contribution >= 4 is 29.6 Å². The minimum Gasteiger partial charge on any atom is -0.449 e. The van der Waals surface area contributed by atoms with Crippen LogP contribution in [0.5, 0.6) is 0 Å². The van der Waals surface area contributed by atoms with E-state index in [9.17, 15) is 24.0 Å². The van der Waals surface area contributed by atoms with Crippen molar-refractivity contribution in [2.24, 2.45) is 40.7 Å². The lowest BCUT2D eigenvalue weighted by Gasteiger charge is -2.37. The molecule has 0 bridgehead atoms. The summed E-state index contributed by atoms with van der Waals surface area (Å²) >= 11 is 0. The highest BCUT2D eigenvalue weighted by molar-refractivity contribution is 6.37. The van der Waals surface area contributed by atoms with Crippen LogP contribution in [0.4, 0.5) is 4.79 Å². The summed E-state index contributed by atoms with van der Waals surface area (Å²) < 4.78 is 5.41. The van der Waals surface area contributed by atoms with Crippen LogP contribution in [0.25, 0.3) is 0 Å². The van der Waals surface area contributed by atoms with Gasteiger partial charge in [0, 0.05) is 6.54 Å². The lowest BCUT2D eigenvalue weighted by Crippen LogP contribution is -2.59. The number of carbonyl (C=O) groups excluding carboxylic acids is 5. The molecule has 1 heterocycles. The number of rotatable bonds is 11. The molecule has 0 aromatic carbocycles. The molecule has 4 N–H and O–H groups in total. The number of carbonyl (C=O) groups is 5. The van der Waals surface area contributed by atoms with Crippen molar-refractivity contribution in [3.8, 4) is 0 Å². The van der Waals surface area contributed by atoms with E-state index in [2.05, 4.69) is 24.5 Å². The first-order valence-electron chi connectivity index (χ1n) is 15.0. The quantitative estimate of drug-likeness (QED) is 0.340. The molecule has 5 unspecified atom stereocenters. The van der Waals surface area contributed by atoms with Crippen molar-refractivity contribution in [2.45, 2.75) is 103 Å². The number of fused-ring (bicyclic) bond motifs is 1. The van der Waals surface area contributed by atoms with Crippen molar-refractivity contribution < 1.29 is 28.7 Å². The molecule has 4 aliphatic carbocycles. The highest BCUT2D eigenvalue weighted by Gasteiger charge is 2.69. The second-order valence-corrected chi connectivity index (χ2v) is 13.3. The summed E-state index contributed by atoms with van der Waals surface area (Å²) in [5, 5.41) is 5.69. The number of hydrogen-bond acceptors (Lipinski definition) is 6. The van der Waals surface area contributed by atoms with Gasteiger partial charge in [-0.3, -0.25) is 19.2 Å². The molecular weight excluding hydrogens is 500 g/mol. The Balaban J connectivity index is 1.33. The third-order valence-electron chi connectivity index (χ3n) is 10.2. The van der Waals surface area contributed by atoms with Crippen LogP contribution in [0.1, 0.15) is 84.5 Å². The molecule has 1 aliphatic heterocycles. The van der Waals surface area contributed by atoms with E-state index in [1.54, 1.807) is 4.90 Å². The number of nitrogens with one attached hydrogen (secondary N) is 2. The number of primary amides is 1. The lowest BCUT2D eigenvalue weighted by molar-refractivity contribution is -0.144. The standard InChI is InChI=1S/C29H44N4O6/c1-29(2)19-14-33(23(21(19)29)26(36)31-20(24(34)25(30)35)13-16-7-6-8-16)27(37)22(18-9-4-3-5-10-18)32-28(38)39-15-17-11-12-17/h16-23H,3-15H2,1-2H3,(H2,30,35)(H,31,36)(H,32,38). The van der Waals surface area contributed by atoms with Gasteiger partial charge in [-0.1, -0.05) is 52.4 Å². The van der Waals surface area contributed by atoms with Gasteiger partial charge in [-0.05, 0) is 67.1 Å². The fraction of sp³-hybridized carbons (Fsp3) is 0.828. The summed E-state index contributed by atoms with van der Waals surface area (Å²) in [5.41, 5.74) is 5.20. The van der Waals surface area contributed by atoms with Gasteiger partial charge in [-0.2, -0.15) is 0 Å². The van der Waals surface area contributed by atoms with Crippen LogP contribution < -0.4 is 16.4 Å². The predicted octanol–water partition coefficient (Wildman–Crippen LogP) is 2.28. The molecule has 1 saturated heterocycles. The SMILES string of the molecule is CC1(C)C2CN(C(=O)C(NC(=O)OCC3CC3)C3CCCCC3)C(C(=O)NC(CC3CCC3)C(=O)C(N)=O)C21. The second kappa shape index (κ2) is 11.1. The van der Waals surface area contributed by atoms with Gasteiger partial charge in [0.15, 0.2) is 0 Å². The van der Waals surface area contributed by atoms with E-state index in [-0.39, 0.29) is 35.0 Å². The van der Waals surface area contributed by atoms with Crippen molar-refractivity contribution in [1.29, 1.82) is 0 Å². The molecule has 4 amide bonds. The van der Waals surface area contributed by atoms with Crippen LogP contribution in [-0.4, -0.2) is 65.8 Å². The Morgan fingerprint density at radius 1 is 0.923 bits per heavy atom. The van der Waals surface area contributed by atoms with E-state index in [0.29, 0.717) is 25.5 Å².